The first-order valence-electron chi connectivity index (χ1n) is 15.7. The molecule has 0 radical (unpaired) electrons. The lowest BCUT2D eigenvalue weighted by Gasteiger charge is -2.29. The minimum absolute atomic E-state index is 0.00146. The van der Waals surface area contributed by atoms with E-state index in [1.165, 1.54) is 81.8 Å². The fraction of sp³-hybridized carbons (Fsp3) is 0.629. The van der Waals surface area contributed by atoms with E-state index in [-0.39, 0.29) is 12.1 Å². The predicted molar refractivity (Wildman–Crippen MR) is 164 cm³/mol. The molecule has 2 aromatic carbocycles. The van der Waals surface area contributed by atoms with Gasteiger partial charge in [-0.15, -0.1) is 0 Å². The van der Waals surface area contributed by atoms with Gasteiger partial charge in [-0.1, -0.05) is 120 Å². The fourth-order valence-corrected chi connectivity index (χ4v) is 5.04. The average molecular weight is 539 g/mol. The molecule has 0 aliphatic rings. The summed E-state index contributed by atoms with van der Waals surface area (Å²) in [7, 11) is 4.31. The molecule has 0 saturated carbocycles. The minimum atomic E-state index is -0.127. The van der Waals surface area contributed by atoms with E-state index >= 15 is 0 Å². The van der Waals surface area contributed by atoms with Crippen LogP contribution in [0.3, 0.4) is 0 Å². The van der Waals surface area contributed by atoms with Crippen LogP contribution >= 0.6 is 0 Å². The van der Waals surface area contributed by atoms with Gasteiger partial charge in [0.1, 0.15) is 12.3 Å². The van der Waals surface area contributed by atoms with Crippen LogP contribution < -0.4 is 4.74 Å². The SMILES string of the molecule is CCCCCCCCCCCCCc1ccccc1OC(C)CCOC(=O)CC[N+](C)(C)Cc1ccccc1. The van der Waals surface area contributed by atoms with Crippen LogP contribution in [0, 0.1) is 0 Å². The lowest BCUT2D eigenvalue weighted by Crippen LogP contribution is -2.40. The smallest absolute Gasteiger partial charge is 0.311 e. The lowest BCUT2D eigenvalue weighted by atomic mass is 10.0. The molecule has 2 rings (SSSR count). The highest BCUT2D eigenvalue weighted by atomic mass is 16.5. The van der Waals surface area contributed by atoms with Gasteiger partial charge in [0, 0.05) is 12.0 Å². The number of nitrogens with zero attached hydrogens (tertiary/aromatic N) is 1. The zero-order valence-electron chi connectivity index (χ0n) is 25.5. The number of rotatable bonds is 22. The number of aryl methyl sites for hydroxylation is 1. The second-order valence-electron chi connectivity index (χ2n) is 11.9. The first kappa shape index (κ1) is 32.9. The van der Waals surface area contributed by atoms with E-state index in [0.717, 1.165) is 29.7 Å². The summed E-state index contributed by atoms with van der Waals surface area (Å²) in [6.07, 6.45) is 17.1. The molecule has 0 saturated heterocycles. The Morgan fingerprint density at radius 1 is 0.795 bits per heavy atom. The molecule has 0 heterocycles. The molecule has 4 heteroatoms. The maximum Gasteiger partial charge on any atom is 0.311 e. The van der Waals surface area contributed by atoms with Crippen molar-refractivity contribution in [3.63, 3.8) is 0 Å². The molecule has 0 N–H and O–H groups in total. The summed E-state index contributed by atoms with van der Waals surface area (Å²) in [5.74, 6) is 0.849. The fourth-order valence-electron chi connectivity index (χ4n) is 5.04. The summed E-state index contributed by atoms with van der Waals surface area (Å²) >= 11 is 0. The van der Waals surface area contributed by atoms with Gasteiger partial charge in [0.05, 0.1) is 39.8 Å². The average Bonchev–Trinajstić information content (AvgIpc) is 2.92. The normalized spacial score (nSPS) is 12.3. The molecular weight excluding hydrogens is 482 g/mol. The number of hydrogen-bond donors (Lipinski definition) is 0. The van der Waals surface area contributed by atoms with Gasteiger partial charge in [-0.05, 0) is 31.4 Å². The molecule has 2 aromatic rings. The molecule has 0 spiro atoms. The van der Waals surface area contributed by atoms with Gasteiger partial charge in [0.15, 0.2) is 0 Å². The Hall–Kier alpha value is -2.33. The van der Waals surface area contributed by atoms with Crippen molar-refractivity contribution in [2.45, 2.75) is 116 Å². The van der Waals surface area contributed by atoms with Crippen LogP contribution in [-0.4, -0.2) is 43.8 Å². The van der Waals surface area contributed by atoms with Crippen molar-refractivity contribution in [3.05, 3.63) is 65.7 Å². The van der Waals surface area contributed by atoms with Gasteiger partial charge in [0.25, 0.3) is 0 Å². The van der Waals surface area contributed by atoms with Crippen LogP contribution in [0.25, 0.3) is 0 Å². The van der Waals surface area contributed by atoms with Gasteiger partial charge >= 0.3 is 5.97 Å². The summed E-state index contributed by atoms with van der Waals surface area (Å²) in [6, 6.07) is 18.8. The third-order valence-electron chi connectivity index (χ3n) is 7.51. The van der Waals surface area contributed by atoms with E-state index < -0.39 is 0 Å². The molecule has 0 amide bonds. The summed E-state index contributed by atoms with van der Waals surface area (Å²) in [5.41, 5.74) is 2.57. The van der Waals surface area contributed by atoms with E-state index in [2.05, 4.69) is 70.4 Å². The van der Waals surface area contributed by atoms with Crippen LogP contribution in [0.4, 0.5) is 0 Å². The highest BCUT2D eigenvalue weighted by Gasteiger charge is 2.18. The highest BCUT2D eigenvalue weighted by molar-refractivity contribution is 5.69. The Morgan fingerprint density at radius 2 is 1.38 bits per heavy atom. The van der Waals surface area contributed by atoms with Gasteiger partial charge in [-0.3, -0.25) is 4.79 Å². The van der Waals surface area contributed by atoms with Crippen molar-refractivity contribution in [1.82, 2.24) is 0 Å². The predicted octanol–water partition coefficient (Wildman–Crippen LogP) is 8.91. The summed E-state index contributed by atoms with van der Waals surface area (Å²) in [4.78, 5) is 12.3. The maximum absolute atomic E-state index is 12.3. The lowest BCUT2D eigenvalue weighted by molar-refractivity contribution is -0.903. The molecule has 1 unspecified atom stereocenters. The molecule has 218 valence electrons. The Morgan fingerprint density at radius 3 is 2.05 bits per heavy atom. The molecule has 1 atom stereocenters. The highest BCUT2D eigenvalue weighted by Crippen LogP contribution is 2.23. The number of hydrogen-bond acceptors (Lipinski definition) is 3. The van der Waals surface area contributed by atoms with Crippen molar-refractivity contribution in [1.29, 1.82) is 0 Å². The van der Waals surface area contributed by atoms with Gasteiger partial charge in [0.2, 0.25) is 0 Å². The van der Waals surface area contributed by atoms with Crippen molar-refractivity contribution in [2.24, 2.45) is 0 Å². The van der Waals surface area contributed by atoms with Crippen LogP contribution in [0.2, 0.25) is 0 Å². The van der Waals surface area contributed by atoms with E-state index in [1.54, 1.807) is 0 Å². The van der Waals surface area contributed by atoms with E-state index in [0.29, 0.717) is 19.4 Å². The minimum Gasteiger partial charge on any atom is -0.490 e. The standard InChI is InChI=1S/C35H56NO3/c1-5-6-7-8-9-10-11-12-13-14-18-23-33-24-19-20-25-34(33)39-31(2)27-29-38-35(37)26-28-36(3,4)30-32-21-16-15-17-22-32/h15-17,19-22,24-25,31H,5-14,18,23,26-30H2,1-4H3/q+1. The zero-order chi connectivity index (χ0) is 28.2. The number of para-hydroxylation sites is 1. The Labute approximate surface area is 239 Å². The number of carbonyl (C=O) groups is 1. The van der Waals surface area contributed by atoms with E-state index in [1.807, 2.05) is 12.1 Å². The second-order valence-corrected chi connectivity index (χ2v) is 11.9. The zero-order valence-corrected chi connectivity index (χ0v) is 25.5. The number of benzene rings is 2. The van der Waals surface area contributed by atoms with Crippen LogP contribution in [0.15, 0.2) is 54.6 Å². The first-order chi connectivity index (χ1) is 18.9. The third kappa shape index (κ3) is 15.8. The maximum atomic E-state index is 12.3. The van der Waals surface area contributed by atoms with Crippen molar-refractivity contribution < 1.29 is 18.8 Å². The van der Waals surface area contributed by atoms with E-state index in [4.69, 9.17) is 9.47 Å². The number of quaternary nitrogens is 1. The number of ether oxygens (including phenoxy) is 2. The summed E-state index contributed by atoms with van der Waals surface area (Å²) in [5, 5.41) is 0. The monoisotopic (exact) mass is 538 g/mol. The van der Waals surface area contributed by atoms with Crippen LogP contribution in [0.1, 0.15) is 108 Å². The van der Waals surface area contributed by atoms with Gasteiger partial charge in [-0.25, -0.2) is 0 Å². The van der Waals surface area contributed by atoms with Gasteiger partial charge < -0.3 is 14.0 Å². The topological polar surface area (TPSA) is 35.5 Å². The van der Waals surface area contributed by atoms with Gasteiger partial charge in [-0.2, -0.15) is 0 Å². The Bertz CT molecular complexity index is 896. The van der Waals surface area contributed by atoms with Crippen LogP contribution in [-0.2, 0) is 22.5 Å². The molecule has 0 aromatic heterocycles. The molecule has 0 aliphatic carbocycles. The van der Waals surface area contributed by atoms with Crippen molar-refractivity contribution >= 4 is 5.97 Å². The molecule has 0 aliphatic heterocycles. The molecule has 39 heavy (non-hydrogen) atoms. The molecule has 4 nitrogen and oxygen atoms in total. The molecule has 0 bridgehead atoms. The third-order valence-corrected chi connectivity index (χ3v) is 7.51. The molecular formula is C35H56NO3+. The summed E-state index contributed by atoms with van der Waals surface area (Å²) in [6.45, 7) is 6.39. The Kier molecular flexibility index (Phi) is 16.6. The number of esters is 1. The first-order valence-corrected chi connectivity index (χ1v) is 15.7. The number of unbranched alkanes of at least 4 members (excludes halogenated alkanes) is 10. The summed E-state index contributed by atoms with van der Waals surface area (Å²) < 4.78 is 12.6. The quantitative estimate of drug-likeness (QED) is 0.0853. The Balaban J connectivity index is 1.58. The van der Waals surface area contributed by atoms with E-state index in [9.17, 15) is 4.79 Å². The largest absolute Gasteiger partial charge is 0.490 e. The van der Waals surface area contributed by atoms with Crippen LogP contribution in [0.5, 0.6) is 5.75 Å². The second kappa shape index (κ2) is 19.7. The number of carbonyl (C=O) groups excluding carboxylic acids is 1. The van der Waals surface area contributed by atoms with Crippen molar-refractivity contribution in [3.8, 4) is 5.75 Å². The molecule has 0 fully saturated rings. The van der Waals surface area contributed by atoms with Crippen molar-refractivity contribution in [2.75, 3.05) is 27.2 Å².